The van der Waals surface area contributed by atoms with E-state index in [-0.39, 0.29) is 12.2 Å². The zero-order valence-corrected chi connectivity index (χ0v) is 14.1. The van der Waals surface area contributed by atoms with Crippen molar-refractivity contribution in [2.24, 2.45) is 0 Å². The largest absolute Gasteiger partial charge is 0.388 e. The first kappa shape index (κ1) is 19.7. The topological polar surface area (TPSA) is 128 Å². The van der Waals surface area contributed by atoms with Crippen molar-refractivity contribution in [3.8, 4) is 0 Å². The van der Waals surface area contributed by atoms with Crippen LogP contribution < -0.4 is 5.32 Å². The van der Waals surface area contributed by atoms with Crippen LogP contribution in [0.2, 0.25) is 0 Å². The molecule has 1 fully saturated rings. The molecule has 1 aliphatic rings. The molecule has 1 rings (SSSR count). The Morgan fingerprint density at radius 3 is 1.91 bits per heavy atom. The molecule has 130 valence electrons. The summed E-state index contributed by atoms with van der Waals surface area (Å²) in [5.74, 6) is 1.19. The number of rotatable bonds is 6. The van der Waals surface area contributed by atoms with Crippen molar-refractivity contribution >= 4 is 7.60 Å². The summed E-state index contributed by atoms with van der Waals surface area (Å²) in [5.41, 5.74) is 0. The van der Waals surface area contributed by atoms with Gasteiger partial charge in [0.15, 0.2) is 0 Å². The molecule has 1 saturated heterocycles. The minimum atomic E-state index is -3.54. The summed E-state index contributed by atoms with van der Waals surface area (Å²) < 4.78 is 23.2. The van der Waals surface area contributed by atoms with E-state index < -0.39 is 38.2 Å². The van der Waals surface area contributed by atoms with Gasteiger partial charge in [-0.05, 0) is 27.7 Å². The van der Waals surface area contributed by atoms with Crippen molar-refractivity contribution in [1.82, 2.24) is 5.32 Å². The highest BCUT2D eigenvalue weighted by Gasteiger charge is 2.41. The summed E-state index contributed by atoms with van der Waals surface area (Å²) in [5, 5.41) is 41.0. The summed E-state index contributed by atoms with van der Waals surface area (Å²) in [4.78, 5) is 0. The van der Waals surface area contributed by atoms with Gasteiger partial charge in [0.1, 0.15) is 24.5 Å². The van der Waals surface area contributed by atoms with E-state index >= 15 is 0 Å². The first-order valence-corrected chi connectivity index (χ1v) is 8.81. The SMILES string of the molecule is CC(C)OP(=O)(/C=C/[C@H]1NC(O)[C@@H](O)[C@@H](O)[C@@H]1O)OC(C)C. The summed E-state index contributed by atoms with van der Waals surface area (Å²) >= 11 is 0. The second-order valence-electron chi connectivity index (χ2n) is 5.80. The Hall–Kier alpha value is -0.310. The number of hydrogen-bond acceptors (Lipinski definition) is 8. The van der Waals surface area contributed by atoms with Gasteiger partial charge < -0.3 is 29.5 Å². The van der Waals surface area contributed by atoms with E-state index in [0.29, 0.717) is 0 Å². The van der Waals surface area contributed by atoms with Crippen molar-refractivity contribution in [1.29, 1.82) is 0 Å². The lowest BCUT2D eigenvalue weighted by Gasteiger charge is -2.38. The summed E-state index contributed by atoms with van der Waals surface area (Å²) in [6.07, 6.45) is -5.19. The molecular formula is C13H26NO7P. The van der Waals surface area contributed by atoms with Gasteiger partial charge in [-0.1, -0.05) is 6.08 Å². The highest BCUT2D eigenvalue weighted by molar-refractivity contribution is 7.57. The van der Waals surface area contributed by atoms with Crippen LogP contribution >= 0.6 is 7.60 Å². The van der Waals surface area contributed by atoms with Crippen LogP contribution in [0.15, 0.2) is 11.9 Å². The first-order chi connectivity index (χ1) is 10.1. The number of piperidine rings is 1. The molecule has 0 aromatic heterocycles. The van der Waals surface area contributed by atoms with Crippen LogP contribution in [0.5, 0.6) is 0 Å². The third-order valence-electron chi connectivity index (χ3n) is 2.95. The first-order valence-electron chi connectivity index (χ1n) is 7.20. The zero-order chi connectivity index (χ0) is 17.1. The minimum absolute atomic E-state index is 0.337. The quantitative estimate of drug-likeness (QED) is 0.425. The second-order valence-corrected chi connectivity index (χ2v) is 7.60. The third-order valence-corrected chi connectivity index (χ3v) is 4.91. The molecule has 0 bridgehead atoms. The maximum Gasteiger partial charge on any atom is 0.354 e. The Labute approximate surface area is 130 Å². The Bertz CT molecular complexity index is 415. The van der Waals surface area contributed by atoms with Gasteiger partial charge in [0, 0.05) is 5.82 Å². The van der Waals surface area contributed by atoms with Gasteiger partial charge in [0.25, 0.3) is 0 Å². The maximum absolute atomic E-state index is 12.6. The lowest BCUT2D eigenvalue weighted by molar-refractivity contribution is -0.150. The Balaban J connectivity index is 2.88. The highest BCUT2D eigenvalue weighted by Crippen LogP contribution is 2.52. The summed E-state index contributed by atoms with van der Waals surface area (Å²) in [6.45, 7) is 6.84. The molecule has 1 heterocycles. The van der Waals surface area contributed by atoms with E-state index in [4.69, 9.17) is 9.05 Å². The van der Waals surface area contributed by atoms with Crippen LogP contribution in [0.25, 0.3) is 0 Å². The number of aliphatic hydroxyl groups is 4. The van der Waals surface area contributed by atoms with Crippen molar-refractivity contribution in [2.45, 2.75) is 70.5 Å². The van der Waals surface area contributed by atoms with Gasteiger partial charge >= 0.3 is 7.60 Å². The van der Waals surface area contributed by atoms with Crippen LogP contribution in [-0.2, 0) is 13.6 Å². The molecule has 5 atom stereocenters. The molecule has 1 unspecified atom stereocenters. The molecular weight excluding hydrogens is 313 g/mol. The van der Waals surface area contributed by atoms with Gasteiger partial charge in [0.05, 0.1) is 18.2 Å². The average molecular weight is 339 g/mol. The van der Waals surface area contributed by atoms with Crippen LogP contribution in [0.4, 0.5) is 0 Å². The average Bonchev–Trinajstić information content (AvgIpc) is 2.37. The Kier molecular flexibility index (Phi) is 7.17. The minimum Gasteiger partial charge on any atom is -0.388 e. The van der Waals surface area contributed by atoms with E-state index in [1.54, 1.807) is 27.7 Å². The van der Waals surface area contributed by atoms with Crippen LogP contribution in [-0.4, -0.2) is 63.2 Å². The summed E-state index contributed by atoms with van der Waals surface area (Å²) in [6, 6.07) is -0.909. The molecule has 0 aromatic carbocycles. The standard InChI is InChI=1S/C13H26NO7P/c1-7(2)20-22(19,21-8(3)4)6-5-9-10(15)11(16)12(17)13(18)14-9/h5-18H,1-4H3/b6-5+/t9-,10-,11+,12+,13?/m1/s1. The van der Waals surface area contributed by atoms with Crippen molar-refractivity contribution in [3.05, 3.63) is 11.9 Å². The summed E-state index contributed by atoms with van der Waals surface area (Å²) in [7, 11) is -3.54. The van der Waals surface area contributed by atoms with Gasteiger partial charge in [0.2, 0.25) is 0 Å². The molecule has 0 amide bonds. The van der Waals surface area contributed by atoms with Crippen molar-refractivity contribution in [2.75, 3.05) is 0 Å². The van der Waals surface area contributed by atoms with E-state index in [0.717, 1.165) is 0 Å². The van der Waals surface area contributed by atoms with Gasteiger partial charge in [-0.25, -0.2) is 0 Å². The van der Waals surface area contributed by atoms with Crippen LogP contribution in [0.1, 0.15) is 27.7 Å². The fourth-order valence-electron chi connectivity index (χ4n) is 2.05. The lowest BCUT2D eigenvalue weighted by Crippen LogP contribution is -2.64. The van der Waals surface area contributed by atoms with Gasteiger partial charge in [-0.3, -0.25) is 9.88 Å². The van der Waals surface area contributed by atoms with Crippen molar-refractivity contribution < 1.29 is 34.0 Å². The fraction of sp³-hybridized carbons (Fsp3) is 0.846. The van der Waals surface area contributed by atoms with Crippen LogP contribution in [0, 0.1) is 0 Å². The molecule has 0 spiro atoms. The monoisotopic (exact) mass is 339 g/mol. The van der Waals surface area contributed by atoms with E-state index in [1.165, 1.54) is 11.9 Å². The number of hydrogen-bond donors (Lipinski definition) is 5. The Morgan fingerprint density at radius 2 is 1.45 bits per heavy atom. The molecule has 5 N–H and O–H groups in total. The van der Waals surface area contributed by atoms with Gasteiger partial charge in [-0.2, -0.15) is 0 Å². The molecule has 0 saturated carbocycles. The van der Waals surface area contributed by atoms with E-state index in [9.17, 15) is 25.0 Å². The number of aliphatic hydroxyl groups excluding tert-OH is 4. The molecule has 9 heteroatoms. The molecule has 0 aromatic rings. The third kappa shape index (κ3) is 5.40. The van der Waals surface area contributed by atoms with E-state index in [1.807, 2.05) is 0 Å². The highest BCUT2D eigenvalue weighted by atomic mass is 31.2. The molecule has 0 aliphatic carbocycles. The molecule has 8 nitrogen and oxygen atoms in total. The smallest absolute Gasteiger partial charge is 0.354 e. The van der Waals surface area contributed by atoms with Crippen LogP contribution in [0.3, 0.4) is 0 Å². The second kappa shape index (κ2) is 7.99. The predicted octanol–water partition coefficient (Wildman–Crippen LogP) is -0.0839. The Morgan fingerprint density at radius 1 is 0.955 bits per heavy atom. The van der Waals surface area contributed by atoms with E-state index in [2.05, 4.69) is 5.32 Å². The normalized spacial score (nSPS) is 34.0. The van der Waals surface area contributed by atoms with Gasteiger partial charge in [-0.15, -0.1) is 0 Å². The molecule has 22 heavy (non-hydrogen) atoms. The maximum atomic E-state index is 12.6. The zero-order valence-electron chi connectivity index (χ0n) is 13.2. The molecule has 0 radical (unpaired) electrons. The lowest BCUT2D eigenvalue weighted by atomic mass is 9.95. The fourth-order valence-corrected chi connectivity index (χ4v) is 3.81. The predicted molar refractivity (Wildman–Crippen MR) is 80.1 cm³/mol. The molecule has 1 aliphatic heterocycles. The number of nitrogens with one attached hydrogen (secondary N) is 1. The van der Waals surface area contributed by atoms with Crippen molar-refractivity contribution in [3.63, 3.8) is 0 Å².